The van der Waals surface area contributed by atoms with E-state index in [4.69, 9.17) is 34.9 Å². The lowest BCUT2D eigenvalue weighted by molar-refractivity contribution is -0.143. The first-order valence-corrected chi connectivity index (χ1v) is 26.0. The van der Waals surface area contributed by atoms with E-state index in [1.165, 1.54) is 12.1 Å². The molecule has 0 radical (unpaired) electrons. The highest BCUT2D eigenvalue weighted by atomic mass is 19.4. The highest BCUT2D eigenvalue weighted by molar-refractivity contribution is 6.11. The van der Waals surface area contributed by atoms with Crippen molar-refractivity contribution in [1.29, 1.82) is 0 Å². The van der Waals surface area contributed by atoms with Crippen LogP contribution in [0.2, 0.25) is 0 Å². The molecule has 0 bridgehead atoms. The van der Waals surface area contributed by atoms with Gasteiger partial charge in [-0.1, -0.05) is 182 Å². The van der Waals surface area contributed by atoms with Crippen LogP contribution in [0.15, 0.2) is 237 Å². The average molecular weight is 1080 g/mol. The Morgan fingerprint density at radius 2 is 0.524 bits per heavy atom. The van der Waals surface area contributed by atoms with Gasteiger partial charge in [-0.2, -0.15) is 26.3 Å². The molecule has 82 heavy (non-hydrogen) atoms. The van der Waals surface area contributed by atoms with E-state index in [0.717, 1.165) is 55.9 Å². The molecule has 0 saturated heterocycles. The quantitative estimate of drug-likeness (QED) is 0.133. The maximum absolute atomic E-state index is 14.8. The SMILES string of the molecule is FC(F)(F)c1cc(-c2cc(-n3c4ccccc4c4ccc(-c5nc(-c6ccccc6)nc(-c6ccccc6)n5)cc43)nc(-n3c4ccccc4c4ccc(-c5nc(-c6ccccc6)nc(-c6ccccc6)n5)cc43)c2)cc(C(F)(F)F)c1. The van der Waals surface area contributed by atoms with Crippen molar-refractivity contribution in [2.75, 3.05) is 0 Å². The summed E-state index contributed by atoms with van der Waals surface area (Å²) in [6.07, 6.45) is -10.2. The summed E-state index contributed by atoms with van der Waals surface area (Å²) in [5, 5.41) is 3.20. The lowest BCUT2D eigenvalue weighted by Crippen LogP contribution is -2.11. The summed E-state index contributed by atoms with van der Waals surface area (Å²) in [4.78, 5) is 35.2. The van der Waals surface area contributed by atoms with Crippen molar-refractivity contribution in [3.63, 3.8) is 0 Å². The molecule has 14 rings (SSSR count). The first kappa shape index (κ1) is 49.6. The Bertz CT molecular complexity index is 4360. The molecule has 394 valence electrons. The smallest absolute Gasteiger partial charge is 0.294 e. The molecule has 0 aliphatic carbocycles. The Morgan fingerprint density at radius 1 is 0.232 bits per heavy atom. The van der Waals surface area contributed by atoms with Gasteiger partial charge in [0.25, 0.3) is 0 Å². The molecule has 9 aromatic carbocycles. The largest absolute Gasteiger partial charge is 0.416 e. The van der Waals surface area contributed by atoms with Gasteiger partial charge in [0.2, 0.25) is 0 Å². The predicted molar refractivity (Wildman–Crippen MR) is 308 cm³/mol. The minimum Gasteiger partial charge on any atom is -0.294 e. The Morgan fingerprint density at radius 3 is 0.866 bits per heavy atom. The fourth-order valence-electron chi connectivity index (χ4n) is 10.6. The molecular weight excluding hydrogens is 1040 g/mol. The number of benzene rings is 9. The van der Waals surface area contributed by atoms with Gasteiger partial charge in [0.05, 0.1) is 33.2 Å². The summed E-state index contributed by atoms with van der Waals surface area (Å²) in [5.74, 6) is 2.91. The van der Waals surface area contributed by atoms with Crippen molar-refractivity contribution >= 4 is 43.6 Å². The molecule has 0 unspecified atom stereocenters. The second-order valence-electron chi connectivity index (χ2n) is 19.6. The first-order chi connectivity index (χ1) is 39.9. The van der Waals surface area contributed by atoms with E-state index in [-0.39, 0.29) is 28.8 Å². The molecule has 0 N–H and O–H groups in total. The van der Waals surface area contributed by atoms with Crippen LogP contribution in [0, 0.1) is 0 Å². The van der Waals surface area contributed by atoms with Crippen molar-refractivity contribution in [3.05, 3.63) is 248 Å². The minimum atomic E-state index is -5.12. The van der Waals surface area contributed by atoms with Crippen molar-refractivity contribution in [2.45, 2.75) is 12.4 Å². The monoisotopic (exact) mass is 1080 g/mol. The molecular formula is C67H39F6N9. The van der Waals surface area contributed by atoms with Crippen LogP contribution in [0.25, 0.3) is 135 Å². The minimum absolute atomic E-state index is 0.0377. The van der Waals surface area contributed by atoms with E-state index >= 15 is 0 Å². The van der Waals surface area contributed by atoms with Gasteiger partial charge < -0.3 is 0 Å². The standard InChI is InChI=1S/C67H39F6N9/c68-66(69,70)48-33-46(34-49(39-48)67(71,72)73)47-37-58(81-54-27-15-13-25-50(54)52-31-29-44(35-56(52)81)64-77-60(40-17-5-1-6-18-40)75-61(78-64)41-19-7-2-8-20-41)74-59(38-47)82-55-28-16-14-26-51(55)53-32-30-45(36-57(53)82)65-79-62(42-21-9-3-10-22-42)76-63(80-65)43-23-11-4-12-24-43/h1-39H. The fraction of sp³-hybridized carbons (Fsp3) is 0.0299. The summed E-state index contributed by atoms with van der Waals surface area (Å²) in [6, 6.07) is 69.7. The summed E-state index contributed by atoms with van der Waals surface area (Å²) in [5.41, 5.74) is 3.66. The van der Waals surface area contributed by atoms with Crippen molar-refractivity contribution in [3.8, 4) is 91.1 Å². The zero-order chi connectivity index (χ0) is 55.7. The Kier molecular flexibility index (Phi) is 11.9. The maximum atomic E-state index is 14.8. The van der Waals surface area contributed by atoms with Gasteiger partial charge in [-0.3, -0.25) is 9.13 Å². The first-order valence-electron chi connectivity index (χ1n) is 26.0. The zero-order valence-electron chi connectivity index (χ0n) is 42.8. The van der Waals surface area contributed by atoms with Gasteiger partial charge in [-0.25, -0.2) is 34.9 Å². The zero-order valence-corrected chi connectivity index (χ0v) is 42.8. The second-order valence-corrected chi connectivity index (χ2v) is 19.6. The van der Waals surface area contributed by atoms with E-state index in [0.29, 0.717) is 68.1 Å². The second kappa shape index (κ2) is 19.6. The van der Waals surface area contributed by atoms with Gasteiger partial charge in [-0.05, 0) is 65.7 Å². The normalized spacial score (nSPS) is 12.0. The summed E-state index contributed by atoms with van der Waals surface area (Å²) < 4.78 is 92.4. The molecule has 0 amide bonds. The number of halogens is 6. The molecule has 0 fully saturated rings. The van der Waals surface area contributed by atoms with Crippen LogP contribution in [0.1, 0.15) is 11.1 Å². The van der Waals surface area contributed by atoms with E-state index in [9.17, 15) is 26.3 Å². The fourth-order valence-corrected chi connectivity index (χ4v) is 10.6. The maximum Gasteiger partial charge on any atom is 0.416 e. The number of nitrogens with zero attached hydrogens (tertiary/aromatic N) is 9. The number of aromatic nitrogens is 9. The highest BCUT2D eigenvalue weighted by Crippen LogP contribution is 2.42. The summed E-state index contributed by atoms with van der Waals surface area (Å²) in [6.45, 7) is 0. The van der Waals surface area contributed by atoms with Gasteiger partial charge in [0, 0.05) is 54.9 Å². The topological polar surface area (TPSA) is 100 Å². The number of fused-ring (bicyclic) bond motifs is 6. The van der Waals surface area contributed by atoms with Crippen molar-refractivity contribution in [1.82, 2.24) is 44.0 Å². The highest BCUT2D eigenvalue weighted by Gasteiger charge is 2.37. The number of hydrogen-bond acceptors (Lipinski definition) is 7. The van der Waals surface area contributed by atoms with E-state index in [2.05, 4.69) is 0 Å². The molecule has 0 aliphatic heterocycles. The molecule has 5 heterocycles. The van der Waals surface area contributed by atoms with E-state index in [1.807, 2.05) is 215 Å². The van der Waals surface area contributed by atoms with Gasteiger partial charge >= 0.3 is 12.4 Å². The van der Waals surface area contributed by atoms with Crippen LogP contribution < -0.4 is 0 Å². The van der Waals surface area contributed by atoms with Crippen molar-refractivity contribution in [2.24, 2.45) is 0 Å². The molecule has 0 atom stereocenters. The molecule has 14 aromatic rings. The Labute approximate surface area is 463 Å². The Balaban J connectivity index is 1.03. The predicted octanol–water partition coefficient (Wildman–Crippen LogP) is 17.4. The summed E-state index contributed by atoms with van der Waals surface area (Å²) >= 11 is 0. The molecule has 0 aliphatic rings. The number of para-hydroxylation sites is 2. The summed E-state index contributed by atoms with van der Waals surface area (Å²) in [7, 11) is 0. The number of hydrogen-bond donors (Lipinski definition) is 0. The lowest BCUT2D eigenvalue weighted by Gasteiger charge is -2.17. The van der Waals surface area contributed by atoms with Crippen LogP contribution in [0.5, 0.6) is 0 Å². The molecule has 9 nitrogen and oxygen atoms in total. The lowest BCUT2D eigenvalue weighted by atomic mass is 9.99. The molecule has 0 spiro atoms. The third-order valence-corrected chi connectivity index (χ3v) is 14.4. The van der Waals surface area contributed by atoms with E-state index < -0.39 is 23.5 Å². The van der Waals surface area contributed by atoms with Gasteiger partial charge in [0.1, 0.15) is 11.6 Å². The molecule has 0 saturated carbocycles. The average Bonchev–Trinajstić information content (AvgIpc) is 4.05. The number of rotatable bonds is 9. The van der Waals surface area contributed by atoms with Gasteiger partial charge in [0.15, 0.2) is 34.9 Å². The third kappa shape index (κ3) is 9.03. The number of pyridine rings is 1. The third-order valence-electron chi connectivity index (χ3n) is 14.4. The molecule has 5 aromatic heterocycles. The van der Waals surface area contributed by atoms with E-state index in [1.54, 1.807) is 0 Å². The number of alkyl halides is 6. The molecule has 15 heteroatoms. The Hall–Kier alpha value is -10.7. The van der Waals surface area contributed by atoms with Crippen LogP contribution in [0.3, 0.4) is 0 Å². The van der Waals surface area contributed by atoms with Gasteiger partial charge in [-0.15, -0.1) is 0 Å². The van der Waals surface area contributed by atoms with Crippen LogP contribution in [-0.2, 0) is 12.4 Å². The van der Waals surface area contributed by atoms with Crippen molar-refractivity contribution < 1.29 is 26.3 Å². The van der Waals surface area contributed by atoms with Crippen LogP contribution >= 0.6 is 0 Å². The van der Waals surface area contributed by atoms with Crippen LogP contribution in [0.4, 0.5) is 26.3 Å². The van der Waals surface area contributed by atoms with Crippen LogP contribution in [-0.4, -0.2) is 44.0 Å².